The Morgan fingerprint density at radius 3 is 2.40 bits per heavy atom. The van der Waals surface area contributed by atoms with E-state index in [9.17, 15) is 0 Å². The monoisotopic (exact) mass is 269 g/mol. The van der Waals surface area contributed by atoms with E-state index in [0.29, 0.717) is 11.5 Å². The minimum absolute atomic E-state index is 0.670. The number of ether oxygens (including phenoxy) is 2. The quantitative estimate of drug-likeness (QED) is 0.741. The van der Waals surface area contributed by atoms with Gasteiger partial charge in [-0.2, -0.15) is 0 Å². The summed E-state index contributed by atoms with van der Waals surface area (Å²) < 4.78 is 11.2. The van der Waals surface area contributed by atoms with E-state index in [0.717, 1.165) is 15.5 Å². The molecule has 0 atom stereocenters. The average Bonchev–Trinajstić information content (AvgIpc) is 2.28. The van der Waals surface area contributed by atoms with Gasteiger partial charge < -0.3 is 0 Å². The second-order valence-electron chi connectivity index (χ2n) is 2.90. The standard InChI is InChI=1S/C10H9N2O2Se/c1-13-8-3-6-7(4-9(8)14-2)11-5-12-10(6)15/h3-5H,1-2H3. The summed E-state index contributed by atoms with van der Waals surface area (Å²) in [6, 6.07) is 3.69. The fourth-order valence-electron chi connectivity index (χ4n) is 1.36. The Labute approximate surface area is 95.4 Å². The van der Waals surface area contributed by atoms with Crippen molar-refractivity contribution in [1.29, 1.82) is 0 Å². The third-order valence-electron chi connectivity index (χ3n) is 2.10. The van der Waals surface area contributed by atoms with Crippen LogP contribution in [-0.4, -0.2) is 40.2 Å². The van der Waals surface area contributed by atoms with Gasteiger partial charge in [-0.25, -0.2) is 0 Å². The van der Waals surface area contributed by atoms with Crippen molar-refractivity contribution in [2.75, 3.05) is 14.2 Å². The molecule has 77 valence electrons. The molecule has 5 heteroatoms. The molecule has 0 spiro atoms. The zero-order chi connectivity index (χ0) is 10.8. The van der Waals surface area contributed by atoms with Gasteiger partial charge in [-0.05, 0) is 0 Å². The van der Waals surface area contributed by atoms with Gasteiger partial charge in [0, 0.05) is 0 Å². The Bertz CT molecular complexity index is 502. The van der Waals surface area contributed by atoms with Crippen molar-refractivity contribution in [2.45, 2.75) is 0 Å². The average molecular weight is 268 g/mol. The molecule has 1 aromatic carbocycles. The number of methoxy groups -OCH3 is 2. The van der Waals surface area contributed by atoms with E-state index in [1.807, 2.05) is 12.1 Å². The van der Waals surface area contributed by atoms with Crippen LogP contribution in [0, 0.1) is 0 Å². The maximum absolute atomic E-state index is 5.20. The molecule has 1 radical (unpaired) electrons. The summed E-state index contributed by atoms with van der Waals surface area (Å²) in [4.78, 5) is 8.23. The van der Waals surface area contributed by atoms with Gasteiger partial charge in [-0.1, -0.05) is 0 Å². The van der Waals surface area contributed by atoms with E-state index in [1.54, 1.807) is 14.2 Å². The molecule has 1 heterocycles. The first kappa shape index (κ1) is 10.2. The van der Waals surface area contributed by atoms with Crippen molar-refractivity contribution in [3.05, 3.63) is 18.5 Å². The Morgan fingerprint density at radius 1 is 1.07 bits per heavy atom. The van der Waals surface area contributed by atoms with E-state index in [-0.39, 0.29) is 0 Å². The summed E-state index contributed by atoms with van der Waals surface area (Å²) in [5.41, 5.74) is 0.830. The van der Waals surface area contributed by atoms with Gasteiger partial charge in [-0.3, -0.25) is 0 Å². The maximum atomic E-state index is 5.20. The number of hydrogen-bond donors (Lipinski definition) is 0. The number of rotatable bonds is 2. The van der Waals surface area contributed by atoms with Gasteiger partial charge in [0.2, 0.25) is 0 Å². The van der Waals surface area contributed by atoms with Gasteiger partial charge in [0.25, 0.3) is 0 Å². The molecule has 0 unspecified atom stereocenters. The molecule has 4 nitrogen and oxygen atoms in total. The predicted molar refractivity (Wildman–Crippen MR) is 58.0 cm³/mol. The molecule has 0 saturated heterocycles. The van der Waals surface area contributed by atoms with E-state index in [1.165, 1.54) is 6.33 Å². The second-order valence-corrected chi connectivity index (χ2v) is 3.71. The van der Waals surface area contributed by atoms with Gasteiger partial charge in [0.05, 0.1) is 0 Å². The zero-order valence-electron chi connectivity index (χ0n) is 8.35. The van der Waals surface area contributed by atoms with Crippen molar-refractivity contribution in [2.24, 2.45) is 0 Å². The summed E-state index contributed by atoms with van der Waals surface area (Å²) in [6.07, 6.45) is 1.51. The molecular formula is C10H9N2O2Se. The molecule has 0 N–H and O–H groups in total. The minimum atomic E-state index is 0.670. The summed E-state index contributed by atoms with van der Waals surface area (Å²) >= 11 is 2.89. The van der Waals surface area contributed by atoms with Crippen LogP contribution in [0.4, 0.5) is 0 Å². The van der Waals surface area contributed by atoms with Crippen molar-refractivity contribution in [3.8, 4) is 11.5 Å². The van der Waals surface area contributed by atoms with Crippen molar-refractivity contribution in [3.63, 3.8) is 0 Å². The topological polar surface area (TPSA) is 44.2 Å². The van der Waals surface area contributed by atoms with Gasteiger partial charge in [-0.15, -0.1) is 0 Å². The Hall–Kier alpha value is -1.32. The fourth-order valence-corrected chi connectivity index (χ4v) is 1.80. The molecule has 0 amide bonds. The molecule has 0 bridgehead atoms. The molecule has 0 fully saturated rings. The van der Waals surface area contributed by atoms with Crippen LogP contribution in [0.5, 0.6) is 11.5 Å². The van der Waals surface area contributed by atoms with Crippen LogP contribution in [0.1, 0.15) is 0 Å². The van der Waals surface area contributed by atoms with E-state index in [2.05, 4.69) is 26.0 Å². The molecule has 1 aromatic heterocycles. The SMILES string of the molecule is COc1cc2ncnc([Se])c2cc1OC. The van der Waals surface area contributed by atoms with Gasteiger partial charge in [0.15, 0.2) is 0 Å². The number of aromatic nitrogens is 2. The van der Waals surface area contributed by atoms with E-state index in [4.69, 9.17) is 9.47 Å². The summed E-state index contributed by atoms with van der Waals surface area (Å²) in [5.74, 6) is 1.35. The van der Waals surface area contributed by atoms with Crippen LogP contribution < -0.4 is 14.1 Å². The second kappa shape index (κ2) is 4.04. The molecule has 0 aliphatic rings. The van der Waals surface area contributed by atoms with Crippen LogP contribution in [-0.2, 0) is 0 Å². The Kier molecular flexibility index (Phi) is 2.75. The molecule has 2 rings (SSSR count). The van der Waals surface area contributed by atoms with Crippen LogP contribution >= 0.6 is 0 Å². The van der Waals surface area contributed by atoms with E-state index < -0.39 is 0 Å². The van der Waals surface area contributed by atoms with E-state index >= 15 is 0 Å². The molecule has 0 saturated carbocycles. The molecule has 2 aromatic rings. The molecule has 0 aliphatic carbocycles. The van der Waals surface area contributed by atoms with Gasteiger partial charge in [0.1, 0.15) is 0 Å². The molecular weight excluding hydrogens is 259 g/mol. The third-order valence-corrected chi connectivity index (χ3v) is 2.79. The Balaban J connectivity index is 2.75. The van der Waals surface area contributed by atoms with Crippen molar-refractivity contribution < 1.29 is 9.47 Å². The van der Waals surface area contributed by atoms with Crippen molar-refractivity contribution in [1.82, 2.24) is 9.97 Å². The van der Waals surface area contributed by atoms with Crippen LogP contribution in [0.15, 0.2) is 18.5 Å². The van der Waals surface area contributed by atoms with Gasteiger partial charge >= 0.3 is 95.1 Å². The number of fused-ring (bicyclic) bond motifs is 1. The first-order valence-corrected chi connectivity index (χ1v) is 5.15. The number of hydrogen-bond acceptors (Lipinski definition) is 4. The normalized spacial score (nSPS) is 10.3. The summed E-state index contributed by atoms with van der Waals surface area (Å²) in [6.45, 7) is 0. The summed E-state index contributed by atoms with van der Waals surface area (Å²) in [7, 11) is 3.20. The number of nitrogens with zero attached hydrogens (tertiary/aromatic N) is 2. The fraction of sp³-hybridized carbons (Fsp3) is 0.200. The molecule has 0 aliphatic heterocycles. The third kappa shape index (κ3) is 1.76. The van der Waals surface area contributed by atoms with Crippen LogP contribution in [0.2, 0.25) is 0 Å². The van der Waals surface area contributed by atoms with Crippen molar-refractivity contribution >= 4 is 31.5 Å². The number of benzene rings is 1. The predicted octanol–water partition coefficient (Wildman–Crippen LogP) is 0.441. The first-order valence-electron chi connectivity index (χ1n) is 4.30. The van der Waals surface area contributed by atoms with Crippen LogP contribution in [0.25, 0.3) is 10.9 Å². The first-order chi connectivity index (χ1) is 7.26. The molecule has 15 heavy (non-hydrogen) atoms. The summed E-state index contributed by atoms with van der Waals surface area (Å²) in [5, 5.41) is 0.926. The Morgan fingerprint density at radius 2 is 1.73 bits per heavy atom. The zero-order valence-corrected chi connectivity index (χ0v) is 10.1. The van der Waals surface area contributed by atoms with Crippen LogP contribution in [0.3, 0.4) is 0 Å².